The van der Waals surface area contributed by atoms with Crippen LogP contribution in [0, 0.1) is 6.92 Å². The van der Waals surface area contributed by atoms with Crippen LogP contribution in [0.15, 0.2) is 17.0 Å². The van der Waals surface area contributed by atoms with Crippen LogP contribution >= 0.6 is 0 Å². The summed E-state index contributed by atoms with van der Waals surface area (Å²) >= 11 is 0. The van der Waals surface area contributed by atoms with Crippen LogP contribution in [0.2, 0.25) is 0 Å². The fourth-order valence-corrected chi connectivity index (χ4v) is 3.80. The first-order valence-electron chi connectivity index (χ1n) is 6.43. The second kappa shape index (κ2) is 5.99. The van der Waals surface area contributed by atoms with Gasteiger partial charge in [-0.15, -0.1) is 0 Å². The van der Waals surface area contributed by atoms with Gasteiger partial charge in [-0.2, -0.15) is 0 Å². The van der Waals surface area contributed by atoms with E-state index >= 15 is 0 Å². The number of nitrogens with one attached hydrogen (secondary N) is 2. The maximum Gasteiger partial charge on any atom is 0.241 e. The van der Waals surface area contributed by atoms with Gasteiger partial charge in [0.1, 0.15) is 0 Å². The van der Waals surface area contributed by atoms with E-state index in [9.17, 15) is 8.42 Å². The Hall–Kier alpha value is -1.31. The SMILES string of the molecule is COc1cc(C)c(S(=O)(=O)N[C@H]2CCNC2)cc1OC. The van der Waals surface area contributed by atoms with Crippen LogP contribution in [-0.2, 0) is 10.0 Å². The van der Waals surface area contributed by atoms with Crippen molar-refractivity contribution in [3.63, 3.8) is 0 Å². The highest BCUT2D eigenvalue weighted by Gasteiger charge is 2.25. The van der Waals surface area contributed by atoms with Crippen LogP contribution in [0.1, 0.15) is 12.0 Å². The van der Waals surface area contributed by atoms with Crippen LogP contribution in [0.5, 0.6) is 11.5 Å². The largest absolute Gasteiger partial charge is 0.493 e. The molecular formula is C13H20N2O4S. The molecule has 1 aliphatic heterocycles. The second-order valence-corrected chi connectivity index (χ2v) is 6.47. The Morgan fingerprint density at radius 3 is 2.45 bits per heavy atom. The smallest absolute Gasteiger partial charge is 0.241 e. The van der Waals surface area contributed by atoms with Gasteiger partial charge in [-0.05, 0) is 31.5 Å². The summed E-state index contributed by atoms with van der Waals surface area (Å²) < 4.78 is 37.9. The Bertz CT molecular complexity index is 580. The average molecular weight is 300 g/mol. The van der Waals surface area contributed by atoms with Crippen molar-refractivity contribution in [2.24, 2.45) is 0 Å². The van der Waals surface area contributed by atoms with E-state index in [0.717, 1.165) is 13.0 Å². The summed E-state index contributed by atoms with van der Waals surface area (Å²) in [5.74, 6) is 0.925. The Morgan fingerprint density at radius 2 is 1.90 bits per heavy atom. The number of sulfonamides is 1. The Kier molecular flexibility index (Phi) is 4.52. The summed E-state index contributed by atoms with van der Waals surface area (Å²) in [5.41, 5.74) is 0.626. The topological polar surface area (TPSA) is 76.7 Å². The lowest BCUT2D eigenvalue weighted by Crippen LogP contribution is -2.36. The van der Waals surface area contributed by atoms with Gasteiger partial charge in [-0.1, -0.05) is 0 Å². The fraction of sp³-hybridized carbons (Fsp3) is 0.538. The molecule has 1 aromatic rings. The summed E-state index contributed by atoms with van der Waals surface area (Å²) in [4.78, 5) is 0.224. The average Bonchev–Trinajstić information content (AvgIpc) is 2.90. The standard InChI is InChI=1S/C13H20N2O4S/c1-9-6-11(18-2)12(19-3)7-13(9)20(16,17)15-10-4-5-14-8-10/h6-7,10,14-15H,4-5,8H2,1-3H3/t10-/m0/s1. The van der Waals surface area contributed by atoms with Crippen LogP contribution in [0.4, 0.5) is 0 Å². The third-order valence-electron chi connectivity index (χ3n) is 3.35. The highest BCUT2D eigenvalue weighted by Crippen LogP contribution is 2.32. The molecule has 0 saturated carbocycles. The van der Waals surface area contributed by atoms with Crippen molar-refractivity contribution in [3.05, 3.63) is 17.7 Å². The Balaban J connectivity index is 2.35. The minimum Gasteiger partial charge on any atom is -0.493 e. The number of hydrogen-bond acceptors (Lipinski definition) is 5. The molecule has 6 nitrogen and oxygen atoms in total. The molecular weight excluding hydrogens is 280 g/mol. The zero-order valence-electron chi connectivity index (χ0n) is 11.9. The van der Waals surface area contributed by atoms with Crippen molar-refractivity contribution in [2.75, 3.05) is 27.3 Å². The van der Waals surface area contributed by atoms with Crippen molar-refractivity contribution in [2.45, 2.75) is 24.3 Å². The van der Waals surface area contributed by atoms with Crippen molar-refractivity contribution in [3.8, 4) is 11.5 Å². The van der Waals surface area contributed by atoms with E-state index in [2.05, 4.69) is 10.0 Å². The molecule has 1 saturated heterocycles. The molecule has 0 spiro atoms. The molecule has 0 amide bonds. The Morgan fingerprint density at radius 1 is 1.25 bits per heavy atom. The summed E-state index contributed by atoms with van der Waals surface area (Å²) in [5, 5.41) is 3.13. The zero-order chi connectivity index (χ0) is 14.8. The van der Waals surface area contributed by atoms with Crippen molar-refractivity contribution in [1.82, 2.24) is 10.0 Å². The number of hydrogen-bond donors (Lipinski definition) is 2. The highest BCUT2D eigenvalue weighted by atomic mass is 32.2. The number of benzene rings is 1. The minimum atomic E-state index is -3.56. The molecule has 0 bridgehead atoms. The molecule has 2 rings (SSSR count). The molecule has 0 unspecified atom stereocenters. The van der Waals surface area contributed by atoms with Gasteiger partial charge in [0, 0.05) is 18.7 Å². The van der Waals surface area contributed by atoms with E-state index < -0.39 is 10.0 Å². The molecule has 20 heavy (non-hydrogen) atoms. The molecule has 1 aliphatic rings. The van der Waals surface area contributed by atoms with E-state index in [1.54, 1.807) is 13.0 Å². The Labute approximate surface area is 119 Å². The molecule has 1 heterocycles. The van der Waals surface area contributed by atoms with Gasteiger partial charge in [0.25, 0.3) is 0 Å². The third-order valence-corrected chi connectivity index (χ3v) is 5.02. The fourth-order valence-electron chi connectivity index (χ4n) is 2.29. The van der Waals surface area contributed by atoms with Gasteiger partial charge in [-0.25, -0.2) is 13.1 Å². The van der Waals surface area contributed by atoms with E-state index in [-0.39, 0.29) is 10.9 Å². The van der Waals surface area contributed by atoms with Crippen molar-refractivity contribution >= 4 is 10.0 Å². The van der Waals surface area contributed by atoms with Crippen LogP contribution < -0.4 is 19.5 Å². The first-order valence-corrected chi connectivity index (χ1v) is 7.92. The first-order chi connectivity index (χ1) is 9.47. The second-order valence-electron chi connectivity index (χ2n) is 4.78. The molecule has 0 aromatic heterocycles. The monoisotopic (exact) mass is 300 g/mol. The predicted octanol–water partition coefficient (Wildman–Crippen LogP) is 0.652. The van der Waals surface area contributed by atoms with E-state index in [0.29, 0.717) is 23.6 Å². The molecule has 0 aliphatic carbocycles. The van der Waals surface area contributed by atoms with E-state index in [1.165, 1.54) is 20.3 Å². The van der Waals surface area contributed by atoms with E-state index in [1.807, 2.05) is 0 Å². The third kappa shape index (κ3) is 3.05. The molecule has 112 valence electrons. The van der Waals surface area contributed by atoms with Gasteiger partial charge >= 0.3 is 0 Å². The lowest BCUT2D eigenvalue weighted by Gasteiger charge is -2.16. The lowest BCUT2D eigenvalue weighted by molar-refractivity contribution is 0.353. The number of methoxy groups -OCH3 is 2. The molecule has 1 fully saturated rings. The molecule has 0 radical (unpaired) electrons. The molecule has 2 N–H and O–H groups in total. The summed E-state index contributed by atoms with van der Waals surface area (Å²) in [6, 6.07) is 3.10. The predicted molar refractivity (Wildman–Crippen MR) is 75.9 cm³/mol. The normalized spacial score (nSPS) is 19.1. The van der Waals surface area contributed by atoms with Crippen LogP contribution in [0.3, 0.4) is 0 Å². The summed E-state index contributed by atoms with van der Waals surface area (Å²) in [6.45, 7) is 3.23. The molecule has 1 aromatic carbocycles. The van der Waals surface area contributed by atoms with Gasteiger partial charge < -0.3 is 14.8 Å². The quantitative estimate of drug-likeness (QED) is 0.835. The summed E-state index contributed by atoms with van der Waals surface area (Å²) in [6.07, 6.45) is 0.797. The highest BCUT2D eigenvalue weighted by molar-refractivity contribution is 7.89. The maximum atomic E-state index is 12.4. The van der Waals surface area contributed by atoms with Crippen LogP contribution in [-0.4, -0.2) is 41.8 Å². The summed E-state index contributed by atoms with van der Waals surface area (Å²) in [7, 11) is -0.552. The van der Waals surface area contributed by atoms with Gasteiger partial charge in [-0.3, -0.25) is 0 Å². The molecule has 7 heteroatoms. The van der Waals surface area contributed by atoms with E-state index in [4.69, 9.17) is 9.47 Å². The molecule has 1 atom stereocenters. The van der Waals surface area contributed by atoms with Gasteiger partial charge in [0.2, 0.25) is 10.0 Å². The number of aryl methyl sites for hydroxylation is 1. The minimum absolute atomic E-state index is 0.0625. The van der Waals surface area contributed by atoms with Crippen molar-refractivity contribution in [1.29, 1.82) is 0 Å². The first kappa shape index (κ1) is 15.1. The zero-order valence-corrected chi connectivity index (χ0v) is 12.7. The van der Waals surface area contributed by atoms with Crippen molar-refractivity contribution < 1.29 is 17.9 Å². The number of ether oxygens (including phenoxy) is 2. The van der Waals surface area contributed by atoms with Gasteiger partial charge in [0.15, 0.2) is 11.5 Å². The van der Waals surface area contributed by atoms with Gasteiger partial charge in [0.05, 0.1) is 19.1 Å². The van der Waals surface area contributed by atoms with Crippen LogP contribution in [0.25, 0.3) is 0 Å². The lowest BCUT2D eigenvalue weighted by atomic mass is 10.2. The maximum absolute atomic E-state index is 12.4. The number of rotatable bonds is 5.